The van der Waals surface area contributed by atoms with Crippen LogP contribution in [0.25, 0.3) is 6.08 Å². The molecule has 3 rings (SSSR count). The van der Waals surface area contributed by atoms with Gasteiger partial charge in [-0.1, -0.05) is 18.2 Å². The fourth-order valence-corrected chi connectivity index (χ4v) is 3.49. The van der Waals surface area contributed by atoms with Crippen LogP contribution in [0.4, 0.5) is 14.5 Å². The number of hydrogen-bond donors (Lipinski definition) is 1. The summed E-state index contributed by atoms with van der Waals surface area (Å²) in [6, 6.07) is 10.5. The molecule has 152 valence electrons. The number of hydrogen-bond acceptors (Lipinski definition) is 5. The van der Waals surface area contributed by atoms with Crippen molar-refractivity contribution in [2.75, 3.05) is 6.61 Å². The summed E-state index contributed by atoms with van der Waals surface area (Å²) in [5.74, 6) is -0.135. The molecule has 0 unspecified atom stereocenters. The minimum absolute atomic E-state index is 0.0512. The Labute approximate surface area is 171 Å². The first-order valence-electron chi connectivity index (χ1n) is 8.94. The minimum atomic E-state index is -2.95. The van der Waals surface area contributed by atoms with Gasteiger partial charge in [0.2, 0.25) is 0 Å². The SMILES string of the molecule is CCOc1cc(/C=C2\SC(=Nc3cc(C)ccc3C)NC2=O)ccc1OC(F)F. The molecule has 0 saturated carbocycles. The molecule has 0 aliphatic carbocycles. The maximum absolute atomic E-state index is 12.5. The normalized spacial score (nSPS) is 16.6. The van der Waals surface area contributed by atoms with E-state index in [1.54, 1.807) is 25.1 Å². The van der Waals surface area contributed by atoms with Crippen LogP contribution in [0.2, 0.25) is 0 Å². The number of amidine groups is 1. The number of nitrogens with zero attached hydrogens (tertiary/aromatic N) is 1. The Morgan fingerprint density at radius 3 is 2.69 bits per heavy atom. The lowest BCUT2D eigenvalue weighted by atomic mass is 10.1. The van der Waals surface area contributed by atoms with Gasteiger partial charge in [0.05, 0.1) is 17.2 Å². The molecule has 0 radical (unpaired) electrons. The van der Waals surface area contributed by atoms with Gasteiger partial charge in [0.25, 0.3) is 5.91 Å². The van der Waals surface area contributed by atoms with Gasteiger partial charge in [0, 0.05) is 0 Å². The highest BCUT2D eigenvalue weighted by Crippen LogP contribution is 2.33. The predicted octanol–water partition coefficient (Wildman–Crippen LogP) is 5.20. The Bertz CT molecular complexity index is 990. The van der Waals surface area contributed by atoms with Gasteiger partial charge in [-0.3, -0.25) is 4.79 Å². The van der Waals surface area contributed by atoms with Crippen molar-refractivity contribution in [2.45, 2.75) is 27.4 Å². The number of carbonyl (C=O) groups excluding carboxylic acids is 1. The number of thioether (sulfide) groups is 1. The first kappa shape index (κ1) is 20.9. The smallest absolute Gasteiger partial charge is 0.387 e. The van der Waals surface area contributed by atoms with Crippen LogP contribution in [0.1, 0.15) is 23.6 Å². The first-order chi connectivity index (χ1) is 13.9. The van der Waals surface area contributed by atoms with E-state index in [1.165, 1.54) is 17.8 Å². The number of rotatable bonds is 6. The number of amides is 1. The third-order valence-electron chi connectivity index (χ3n) is 4.02. The molecule has 1 saturated heterocycles. The van der Waals surface area contributed by atoms with E-state index in [1.807, 2.05) is 32.0 Å². The average Bonchev–Trinajstić information content (AvgIpc) is 2.99. The number of nitrogens with one attached hydrogen (secondary N) is 1. The van der Waals surface area contributed by atoms with Gasteiger partial charge in [-0.05, 0) is 73.5 Å². The van der Waals surface area contributed by atoms with Crippen LogP contribution < -0.4 is 14.8 Å². The van der Waals surface area contributed by atoms with Crippen LogP contribution >= 0.6 is 11.8 Å². The molecule has 0 aromatic heterocycles. The van der Waals surface area contributed by atoms with E-state index < -0.39 is 6.61 Å². The molecule has 8 heteroatoms. The predicted molar refractivity (Wildman–Crippen MR) is 111 cm³/mol. The van der Waals surface area contributed by atoms with Gasteiger partial charge < -0.3 is 14.8 Å². The number of alkyl halides is 2. The van der Waals surface area contributed by atoms with E-state index in [9.17, 15) is 13.6 Å². The topological polar surface area (TPSA) is 59.9 Å². The van der Waals surface area contributed by atoms with Crippen LogP contribution in [-0.2, 0) is 4.79 Å². The van der Waals surface area contributed by atoms with Crippen molar-refractivity contribution in [2.24, 2.45) is 4.99 Å². The van der Waals surface area contributed by atoms with Crippen molar-refractivity contribution < 1.29 is 23.0 Å². The van der Waals surface area contributed by atoms with Gasteiger partial charge in [-0.25, -0.2) is 4.99 Å². The van der Waals surface area contributed by atoms with E-state index in [-0.39, 0.29) is 17.4 Å². The molecule has 0 bridgehead atoms. The third-order valence-corrected chi connectivity index (χ3v) is 4.93. The standard InChI is InChI=1S/C21H20F2N2O3S/c1-4-27-17-10-14(7-8-16(17)28-20(22)23)11-18-19(26)25-21(29-18)24-15-9-12(2)5-6-13(15)3/h5-11,20H,4H2,1-3H3,(H,24,25,26)/b18-11-. The molecule has 2 aromatic carbocycles. The number of aliphatic imine (C=N–C) groups is 1. The molecule has 29 heavy (non-hydrogen) atoms. The molecular formula is C21H20F2N2O3S. The highest BCUT2D eigenvalue weighted by Gasteiger charge is 2.24. The van der Waals surface area contributed by atoms with Gasteiger partial charge >= 0.3 is 6.61 Å². The van der Waals surface area contributed by atoms with Crippen LogP contribution in [0, 0.1) is 13.8 Å². The number of halogens is 2. The largest absolute Gasteiger partial charge is 0.490 e. The second-order valence-corrected chi connectivity index (χ2v) is 7.32. The summed E-state index contributed by atoms with van der Waals surface area (Å²) in [5.41, 5.74) is 3.50. The second-order valence-electron chi connectivity index (χ2n) is 6.29. The quantitative estimate of drug-likeness (QED) is 0.656. The zero-order valence-corrected chi connectivity index (χ0v) is 17.0. The number of carbonyl (C=O) groups is 1. The Morgan fingerprint density at radius 2 is 1.97 bits per heavy atom. The molecule has 1 fully saturated rings. The van der Waals surface area contributed by atoms with E-state index in [2.05, 4.69) is 15.0 Å². The van der Waals surface area contributed by atoms with Gasteiger partial charge in [0.15, 0.2) is 16.7 Å². The van der Waals surface area contributed by atoms with Crippen molar-refractivity contribution in [1.82, 2.24) is 5.32 Å². The van der Waals surface area contributed by atoms with Crippen molar-refractivity contribution in [1.29, 1.82) is 0 Å². The molecular weight excluding hydrogens is 398 g/mol. The molecule has 1 N–H and O–H groups in total. The molecule has 0 atom stereocenters. The summed E-state index contributed by atoms with van der Waals surface area (Å²) >= 11 is 1.22. The van der Waals surface area contributed by atoms with Crippen molar-refractivity contribution in [3.05, 3.63) is 58.0 Å². The van der Waals surface area contributed by atoms with Crippen molar-refractivity contribution in [3.8, 4) is 11.5 Å². The summed E-state index contributed by atoms with van der Waals surface area (Å²) in [6.45, 7) is 3.02. The summed E-state index contributed by atoms with van der Waals surface area (Å²) in [5, 5.41) is 3.23. The van der Waals surface area contributed by atoms with E-state index in [0.29, 0.717) is 22.2 Å². The van der Waals surface area contributed by atoms with E-state index in [0.717, 1.165) is 16.8 Å². The molecule has 1 aliphatic heterocycles. The maximum atomic E-state index is 12.5. The monoisotopic (exact) mass is 418 g/mol. The number of aryl methyl sites for hydroxylation is 2. The van der Waals surface area contributed by atoms with E-state index >= 15 is 0 Å². The minimum Gasteiger partial charge on any atom is -0.490 e. The van der Waals surface area contributed by atoms with Crippen LogP contribution in [-0.4, -0.2) is 24.3 Å². The van der Waals surface area contributed by atoms with E-state index in [4.69, 9.17) is 4.74 Å². The molecule has 1 heterocycles. The summed E-state index contributed by atoms with van der Waals surface area (Å²) in [6.07, 6.45) is 1.65. The lowest BCUT2D eigenvalue weighted by Crippen LogP contribution is -2.19. The van der Waals surface area contributed by atoms with Gasteiger partial charge in [-0.15, -0.1) is 0 Å². The molecule has 2 aromatic rings. The Kier molecular flexibility index (Phi) is 6.53. The Balaban J connectivity index is 1.85. The third kappa shape index (κ3) is 5.35. The lowest BCUT2D eigenvalue weighted by molar-refractivity contribution is -0.115. The Hall–Kier alpha value is -2.87. The molecule has 5 nitrogen and oxygen atoms in total. The highest BCUT2D eigenvalue weighted by atomic mass is 32.2. The lowest BCUT2D eigenvalue weighted by Gasteiger charge is -2.11. The zero-order valence-electron chi connectivity index (χ0n) is 16.2. The van der Waals surface area contributed by atoms with Crippen molar-refractivity contribution >= 4 is 34.6 Å². The van der Waals surface area contributed by atoms with Crippen LogP contribution in [0.5, 0.6) is 11.5 Å². The summed E-state index contributed by atoms with van der Waals surface area (Å²) in [4.78, 5) is 17.3. The first-order valence-corrected chi connectivity index (χ1v) is 9.76. The van der Waals surface area contributed by atoms with Crippen LogP contribution in [0.15, 0.2) is 46.3 Å². The number of ether oxygens (including phenoxy) is 2. The van der Waals surface area contributed by atoms with Crippen molar-refractivity contribution in [3.63, 3.8) is 0 Å². The van der Waals surface area contributed by atoms with Gasteiger partial charge in [0.1, 0.15) is 0 Å². The molecule has 1 amide bonds. The molecule has 0 spiro atoms. The van der Waals surface area contributed by atoms with Crippen LogP contribution in [0.3, 0.4) is 0 Å². The Morgan fingerprint density at radius 1 is 1.17 bits per heavy atom. The highest BCUT2D eigenvalue weighted by molar-refractivity contribution is 8.18. The maximum Gasteiger partial charge on any atom is 0.387 e. The fraction of sp³-hybridized carbons (Fsp3) is 0.238. The second kappa shape index (κ2) is 9.09. The average molecular weight is 418 g/mol. The number of benzene rings is 2. The zero-order chi connectivity index (χ0) is 21.0. The fourth-order valence-electron chi connectivity index (χ4n) is 2.66. The summed E-state index contributed by atoms with van der Waals surface area (Å²) in [7, 11) is 0. The van der Waals surface area contributed by atoms with Gasteiger partial charge in [-0.2, -0.15) is 8.78 Å². The molecule has 1 aliphatic rings. The summed E-state index contributed by atoms with van der Waals surface area (Å²) < 4.78 is 34.9.